The molecule has 0 aliphatic carbocycles. The summed E-state index contributed by atoms with van der Waals surface area (Å²) in [5.41, 5.74) is 2.71. The molecule has 0 spiro atoms. The van der Waals surface area contributed by atoms with E-state index in [-0.39, 0.29) is 0 Å². The smallest absolute Gasteiger partial charge is 0.0571 e. The van der Waals surface area contributed by atoms with Crippen molar-refractivity contribution >= 4 is 0 Å². The molecule has 0 aliphatic rings. The number of hydrogen-bond donors (Lipinski definition) is 4. The lowest BCUT2D eigenvalue weighted by Crippen LogP contribution is -2.44. The Morgan fingerprint density at radius 2 is 1.10 bits per heavy atom. The van der Waals surface area contributed by atoms with Gasteiger partial charge in [-0.2, -0.15) is 0 Å². The molecule has 2 aromatic carbocycles. The third kappa shape index (κ3) is 13.3. The van der Waals surface area contributed by atoms with E-state index in [0.29, 0.717) is 6.17 Å². The first-order chi connectivity index (χ1) is 15.4. The summed E-state index contributed by atoms with van der Waals surface area (Å²) < 4.78 is 0. The van der Waals surface area contributed by atoms with E-state index in [2.05, 4.69) is 88.9 Å². The van der Waals surface area contributed by atoms with Crippen molar-refractivity contribution in [2.24, 2.45) is 0 Å². The molecule has 0 aromatic heterocycles. The van der Waals surface area contributed by atoms with Gasteiger partial charge in [-0.05, 0) is 56.6 Å². The van der Waals surface area contributed by atoms with Crippen LogP contribution in [0.15, 0.2) is 60.7 Å². The van der Waals surface area contributed by atoms with Crippen LogP contribution in [0.4, 0.5) is 0 Å². The lowest BCUT2D eigenvalue weighted by atomic mass is 10.1. The molecule has 0 bridgehead atoms. The third-order valence-electron chi connectivity index (χ3n) is 5.53. The predicted molar refractivity (Wildman–Crippen MR) is 134 cm³/mol. The molecule has 0 amide bonds. The van der Waals surface area contributed by atoms with Gasteiger partial charge in [-0.1, -0.05) is 93.3 Å². The van der Waals surface area contributed by atoms with E-state index in [1.165, 1.54) is 43.2 Å². The lowest BCUT2D eigenvalue weighted by Gasteiger charge is -2.21. The predicted octanol–water partition coefficient (Wildman–Crippen LogP) is 4.82. The summed E-state index contributed by atoms with van der Waals surface area (Å²) >= 11 is 0. The van der Waals surface area contributed by atoms with Crippen LogP contribution >= 0.6 is 0 Å². The van der Waals surface area contributed by atoms with Crippen LogP contribution in [0.5, 0.6) is 0 Å². The van der Waals surface area contributed by atoms with Crippen molar-refractivity contribution in [3.8, 4) is 0 Å². The molecule has 0 saturated heterocycles. The normalized spacial score (nSPS) is 11.3. The van der Waals surface area contributed by atoms with Gasteiger partial charge in [-0.3, -0.25) is 0 Å². The molecule has 2 rings (SSSR count). The summed E-state index contributed by atoms with van der Waals surface area (Å²) in [6.45, 7) is 8.39. The van der Waals surface area contributed by atoms with Crippen LogP contribution < -0.4 is 21.3 Å². The quantitative estimate of drug-likeness (QED) is 0.193. The standard InChI is InChI=1S/C27H44N4/c1-2-3-4-11-18-27(30-21-12-19-28-23-25-14-7-5-8-15-25)31-22-13-20-29-24-26-16-9-6-10-17-26/h5-10,14-17,27-31H,2-4,11-13,18-24H2,1H3. The van der Waals surface area contributed by atoms with Crippen LogP contribution in [-0.4, -0.2) is 32.3 Å². The van der Waals surface area contributed by atoms with Crippen LogP contribution in [0.2, 0.25) is 0 Å². The zero-order valence-corrected chi connectivity index (χ0v) is 19.5. The van der Waals surface area contributed by atoms with E-state index in [4.69, 9.17) is 0 Å². The number of benzene rings is 2. The van der Waals surface area contributed by atoms with Gasteiger partial charge >= 0.3 is 0 Å². The minimum absolute atomic E-state index is 0.431. The first kappa shape index (κ1) is 25.5. The molecule has 0 unspecified atom stereocenters. The Kier molecular flexibility index (Phi) is 14.8. The third-order valence-corrected chi connectivity index (χ3v) is 5.53. The Morgan fingerprint density at radius 3 is 1.58 bits per heavy atom. The van der Waals surface area contributed by atoms with E-state index in [9.17, 15) is 0 Å². The van der Waals surface area contributed by atoms with E-state index in [0.717, 1.165) is 52.1 Å². The fourth-order valence-electron chi connectivity index (χ4n) is 3.69. The van der Waals surface area contributed by atoms with Crippen LogP contribution in [-0.2, 0) is 13.1 Å². The molecule has 0 radical (unpaired) electrons. The van der Waals surface area contributed by atoms with Crippen molar-refractivity contribution in [2.45, 2.75) is 71.1 Å². The molecule has 4 nitrogen and oxygen atoms in total. The van der Waals surface area contributed by atoms with E-state index in [1.54, 1.807) is 0 Å². The molecule has 0 saturated carbocycles. The average Bonchev–Trinajstić information content (AvgIpc) is 2.82. The number of rotatable bonds is 19. The van der Waals surface area contributed by atoms with Crippen LogP contribution in [0, 0.1) is 0 Å². The highest BCUT2D eigenvalue weighted by atomic mass is 15.1. The molecule has 4 N–H and O–H groups in total. The highest BCUT2D eigenvalue weighted by Crippen LogP contribution is 2.05. The van der Waals surface area contributed by atoms with Crippen molar-refractivity contribution in [3.63, 3.8) is 0 Å². The Labute approximate surface area is 190 Å². The topological polar surface area (TPSA) is 48.1 Å². The minimum Gasteiger partial charge on any atom is -0.313 e. The van der Waals surface area contributed by atoms with Crippen LogP contribution in [0.3, 0.4) is 0 Å². The molecule has 0 fully saturated rings. The average molecular weight is 425 g/mol. The zero-order chi connectivity index (χ0) is 21.8. The van der Waals surface area contributed by atoms with Crippen molar-refractivity contribution in [1.29, 1.82) is 0 Å². The van der Waals surface area contributed by atoms with Crippen LogP contribution in [0.1, 0.15) is 63.0 Å². The molecular formula is C27H44N4. The largest absolute Gasteiger partial charge is 0.313 e. The molecule has 0 aliphatic heterocycles. The van der Waals surface area contributed by atoms with Gasteiger partial charge in [0.1, 0.15) is 0 Å². The summed E-state index contributed by atoms with van der Waals surface area (Å²) in [5.74, 6) is 0. The van der Waals surface area contributed by atoms with E-state index in [1.807, 2.05) is 0 Å². The summed E-state index contributed by atoms with van der Waals surface area (Å²) in [7, 11) is 0. The molecule has 2 aromatic rings. The fraction of sp³-hybridized carbons (Fsp3) is 0.556. The van der Waals surface area contributed by atoms with Gasteiger partial charge in [-0.25, -0.2) is 0 Å². The van der Waals surface area contributed by atoms with Gasteiger partial charge < -0.3 is 21.3 Å². The molecule has 4 heteroatoms. The van der Waals surface area contributed by atoms with Crippen LogP contribution in [0.25, 0.3) is 0 Å². The van der Waals surface area contributed by atoms with Gasteiger partial charge in [0, 0.05) is 13.1 Å². The first-order valence-electron chi connectivity index (χ1n) is 12.3. The first-order valence-corrected chi connectivity index (χ1v) is 12.3. The molecular weight excluding hydrogens is 380 g/mol. The summed E-state index contributed by atoms with van der Waals surface area (Å²) in [5, 5.41) is 14.6. The van der Waals surface area contributed by atoms with Crippen molar-refractivity contribution in [3.05, 3.63) is 71.8 Å². The maximum absolute atomic E-state index is 3.74. The zero-order valence-electron chi connectivity index (χ0n) is 19.5. The number of unbranched alkanes of at least 4 members (excludes halogenated alkanes) is 3. The monoisotopic (exact) mass is 424 g/mol. The maximum atomic E-state index is 3.74. The van der Waals surface area contributed by atoms with E-state index < -0.39 is 0 Å². The summed E-state index contributed by atoms with van der Waals surface area (Å²) in [4.78, 5) is 0. The molecule has 0 atom stereocenters. The highest BCUT2D eigenvalue weighted by molar-refractivity contribution is 5.14. The van der Waals surface area contributed by atoms with Crippen molar-refractivity contribution in [1.82, 2.24) is 21.3 Å². The van der Waals surface area contributed by atoms with Gasteiger partial charge in [0.25, 0.3) is 0 Å². The Bertz CT molecular complexity index is 581. The minimum atomic E-state index is 0.431. The number of nitrogens with one attached hydrogen (secondary N) is 4. The lowest BCUT2D eigenvalue weighted by molar-refractivity contribution is 0.379. The Balaban J connectivity index is 1.53. The van der Waals surface area contributed by atoms with Gasteiger partial charge in [0.05, 0.1) is 6.17 Å². The maximum Gasteiger partial charge on any atom is 0.0571 e. The summed E-state index contributed by atoms with van der Waals surface area (Å²) in [6.07, 6.45) is 9.24. The fourth-order valence-corrected chi connectivity index (χ4v) is 3.69. The second-order valence-electron chi connectivity index (χ2n) is 8.34. The molecule has 0 heterocycles. The molecule has 172 valence electrons. The van der Waals surface area contributed by atoms with E-state index >= 15 is 0 Å². The second kappa shape index (κ2) is 17.9. The summed E-state index contributed by atoms with van der Waals surface area (Å²) in [6, 6.07) is 21.3. The van der Waals surface area contributed by atoms with Gasteiger partial charge in [0.15, 0.2) is 0 Å². The Hall–Kier alpha value is -1.72. The number of hydrogen-bond acceptors (Lipinski definition) is 4. The van der Waals surface area contributed by atoms with Crippen molar-refractivity contribution < 1.29 is 0 Å². The van der Waals surface area contributed by atoms with Gasteiger partial charge in [-0.15, -0.1) is 0 Å². The molecule has 31 heavy (non-hydrogen) atoms. The Morgan fingerprint density at radius 1 is 0.581 bits per heavy atom. The second-order valence-corrected chi connectivity index (χ2v) is 8.34. The highest BCUT2D eigenvalue weighted by Gasteiger charge is 2.06. The SMILES string of the molecule is CCCCCCC(NCCCNCc1ccccc1)NCCCNCc1ccccc1. The van der Waals surface area contributed by atoms with Crippen molar-refractivity contribution in [2.75, 3.05) is 26.2 Å². The van der Waals surface area contributed by atoms with Gasteiger partial charge in [0.2, 0.25) is 0 Å².